The summed E-state index contributed by atoms with van der Waals surface area (Å²) >= 11 is 0. The molecular formula is C21H25O2P. The molecule has 0 heterocycles. The second-order valence-electron chi connectivity index (χ2n) is 7.09. The molecule has 2 aromatic rings. The minimum atomic E-state index is -0.671. The third kappa shape index (κ3) is 3.35. The molecule has 0 fully saturated rings. The number of carbonyl (C=O) groups excluding carboxylic acids is 1. The molecule has 0 saturated heterocycles. The van der Waals surface area contributed by atoms with Gasteiger partial charge in [0.2, 0.25) is 0 Å². The smallest absolute Gasteiger partial charge is 0.172 e. The lowest BCUT2D eigenvalue weighted by Gasteiger charge is -2.29. The zero-order valence-electron chi connectivity index (χ0n) is 15.3. The summed E-state index contributed by atoms with van der Waals surface area (Å²) in [4.78, 5) is 13.5. The fourth-order valence-corrected chi connectivity index (χ4v) is 3.76. The highest BCUT2D eigenvalue weighted by atomic mass is 31.1. The molecule has 0 saturated carbocycles. The number of Topliss-reactive ketones (excluding diaryl/α,β-unsaturated/α-hetero) is 1. The van der Waals surface area contributed by atoms with Crippen LogP contribution in [-0.2, 0) is 4.57 Å². The van der Waals surface area contributed by atoms with Crippen molar-refractivity contribution < 1.29 is 9.36 Å². The summed E-state index contributed by atoms with van der Waals surface area (Å²) in [6, 6.07) is 11.7. The zero-order chi connectivity index (χ0) is 18.1. The van der Waals surface area contributed by atoms with E-state index in [2.05, 4.69) is 19.9 Å². The number of carbonyl (C=O) groups is 1. The van der Waals surface area contributed by atoms with E-state index in [0.29, 0.717) is 0 Å². The summed E-state index contributed by atoms with van der Waals surface area (Å²) in [5.74, 6) is -0.398. The summed E-state index contributed by atoms with van der Waals surface area (Å²) < 4.78 is 11.8. The molecular weight excluding hydrogens is 315 g/mol. The molecule has 0 aliphatic rings. The standard InChI is InChI=1S/C21H25O2P/c1-13-12-14(2)18(16(4)15(13)3)20(22)19(21(5,6)24-23)17-10-8-7-9-11-17/h7-12,19H,1-6H3. The molecule has 0 aliphatic carbocycles. The van der Waals surface area contributed by atoms with Crippen LogP contribution in [0, 0.1) is 27.7 Å². The van der Waals surface area contributed by atoms with Gasteiger partial charge in [-0.25, -0.2) is 0 Å². The fourth-order valence-electron chi connectivity index (χ4n) is 3.39. The summed E-state index contributed by atoms with van der Waals surface area (Å²) in [6.07, 6.45) is 0. The number of rotatable bonds is 5. The highest BCUT2D eigenvalue weighted by molar-refractivity contribution is 7.26. The average molecular weight is 340 g/mol. The summed E-state index contributed by atoms with van der Waals surface area (Å²) in [5, 5.41) is -0.671. The molecule has 0 aromatic heterocycles. The van der Waals surface area contributed by atoms with Gasteiger partial charge in [0.05, 0.1) is 11.1 Å². The Hall–Kier alpha value is -1.79. The number of hydrogen-bond acceptors (Lipinski definition) is 2. The predicted octanol–water partition coefficient (Wildman–Crippen LogP) is 5.96. The maximum atomic E-state index is 13.5. The van der Waals surface area contributed by atoms with Gasteiger partial charge in [-0.3, -0.25) is 9.36 Å². The zero-order valence-corrected chi connectivity index (χ0v) is 16.2. The normalized spacial score (nSPS) is 13.1. The van der Waals surface area contributed by atoms with Crippen LogP contribution in [-0.4, -0.2) is 10.9 Å². The van der Waals surface area contributed by atoms with Gasteiger partial charge in [0.25, 0.3) is 0 Å². The van der Waals surface area contributed by atoms with Gasteiger partial charge < -0.3 is 0 Å². The second-order valence-corrected chi connectivity index (χ2v) is 8.42. The van der Waals surface area contributed by atoms with Crippen molar-refractivity contribution in [2.45, 2.75) is 52.6 Å². The first-order valence-corrected chi connectivity index (χ1v) is 9.03. The average Bonchev–Trinajstić information content (AvgIpc) is 2.53. The maximum Gasteiger partial charge on any atom is 0.172 e. The molecule has 0 spiro atoms. The van der Waals surface area contributed by atoms with E-state index < -0.39 is 11.1 Å². The Balaban J connectivity index is 2.67. The number of hydrogen-bond donors (Lipinski definition) is 0. The third-order valence-corrected chi connectivity index (χ3v) is 5.67. The SMILES string of the molecule is Cc1cc(C)c(C(=O)C(c2ccccc2)C(C)(C)P=O)c(C)c1C. The van der Waals surface area contributed by atoms with Gasteiger partial charge in [0.1, 0.15) is 0 Å². The van der Waals surface area contributed by atoms with Crippen molar-refractivity contribution in [1.82, 2.24) is 0 Å². The Kier molecular flexibility index (Phi) is 5.40. The lowest BCUT2D eigenvalue weighted by molar-refractivity contribution is 0.0943. The van der Waals surface area contributed by atoms with E-state index in [1.54, 1.807) is 0 Å². The van der Waals surface area contributed by atoms with Crippen molar-refractivity contribution in [2.24, 2.45) is 0 Å². The first-order valence-electron chi connectivity index (χ1n) is 8.21. The molecule has 2 rings (SSSR count). The van der Waals surface area contributed by atoms with Gasteiger partial charge in [-0.1, -0.05) is 36.4 Å². The minimum Gasteiger partial charge on any atom is -0.293 e. The van der Waals surface area contributed by atoms with Gasteiger partial charge >= 0.3 is 0 Å². The van der Waals surface area contributed by atoms with Crippen molar-refractivity contribution >= 4 is 14.2 Å². The molecule has 2 nitrogen and oxygen atoms in total. The van der Waals surface area contributed by atoms with Crippen molar-refractivity contribution in [3.05, 3.63) is 69.8 Å². The highest BCUT2D eigenvalue weighted by Gasteiger charge is 2.38. The minimum absolute atomic E-state index is 0.0265. The van der Waals surface area contributed by atoms with E-state index in [-0.39, 0.29) is 14.2 Å². The monoisotopic (exact) mass is 340 g/mol. The lowest BCUT2D eigenvalue weighted by atomic mass is 9.78. The van der Waals surface area contributed by atoms with Crippen molar-refractivity contribution in [2.75, 3.05) is 0 Å². The molecule has 3 heteroatoms. The van der Waals surface area contributed by atoms with Crippen LogP contribution in [0.1, 0.15) is 57.9 Å². The van der Waals surface area contributed by atoms with Gasteiger partial charge in [-0.2, -0.15) is 0 Å². The van der Waals surface area contributed by atoms with Crippen molar-refractivity contribution in [1.29, 1.82) is 0 Å². The molecule has 1 unspecified atom stereocenters. The Morgan fingerprint density at radius 2 is 1.54 bits per heavy atom. The largest absolute Gasteiger partial charge is 0.293 e. The lowest BCUT2D eigenvalue weighted by Crippen LogP contribution is -2.31. The molecule has 24 heavy (non-hydrogen) atoms. The molecule has 126 valence electrons. The van der Waals surface area contributed by atoms with Crippen LogP contribution >= 0.6 is 8.46 Å². The van der Waals surface area contributed by atoms with Crippen LogP contribution in [0.25, 0.3) is 0 Å². The van der Waals surface area contributed by atoms with E-state index in [4.69, 9.17) is 0 Å². The van der Waals surface area contributed by atoms with Crippen molar-refractivity contribution in [3.8, 4) is 0 Å². The van der Waals surface area contributed by atoms with Crippen LogP contribution in [0.4, 0.5) is 0 Å². The van der Waals surface area contributed by atoms with Gasteiger partial charge in [-0.05, 0) is 69.4 Å². The Morgan fingerprint density at radius 1 is 0.958 bits per heavy atom. The van der Waals surface area contributed by atoms with Gasteiger partial charge in [-0.15, -0.1) is 0 Å². The van der Waals surface area contributed by atoms with Crippen LogP contribution in [0.5, 0.6) is 0 Å². The van der Waals surface area contributed by atoms with Gasteiger partial charge in [0.15, 0.2) is 14.2 Å². The summed E-state index contributed by atoms with van der Waals surface area (Å²) in [7, 11) is -0.0265. The van der Waals surface area contributed by atoms with Crippen LogP contribution in [0.3, 0.4) is 0 Å². The predicted molar refractivity (Wildman–Crippen MR) is 101 cm³/mol. The van der Waals surface area contributed by atoms with Crippen LogP contribution in [0.15, 0.2) is 36.4 Å². The molecule has 0 N–H and O–H groups in total. The number of ketones is 1. The number of benzene rings is 2. The molecule has 2 aromatic carbocycles. The van der Waals surface area contributed by atoms with E-state index in [0.717, 1.165) is 27.8 Å². The molecule has 0 radical (unpaired) electrons. The quantitative estimate of drug-likeness (QED) is 0.497. The van der Waals surface area contributed by atoms with Gasteiger partial charge in [0, 0.05) is 5.56 Å². The summed E-state index contributed by atoms with van der Waals surface area (Å²) in [5.41, 5.74) is 6.03. The maximum absolute atomic E-state index is 13.5. The van der Waals surface area contributed by atoms with Crippen molar-refractivity contribution in [3.63, 3.8) is 0 Å². The van der Waals surface area contributed by atoms with Crippen LogP contribution in [0.2, 0.25) is 0 Å². The Bertz CT molecular complexity index is 776. The molecule has 0 amide bonds. The first-order chi connectivity index (χ1) is 11.2. The topological polar surface area (TPSA) is 34.1 Å². The van der Waals surface area contributed by atoms with E-state index in [1.807, 2.05) is 58.0 Å². The Morgan fingerprint density at radius 3 is 2.08 bits per heavy atom. The highest BCUT2D eigenvalue weighted by Crippen LogP contribution is 2.41. The van der Waals surface area contributed by atoms with E-state index >= 15 is 0 Å². The van der Waals surface area contributed by atoms with E-state index in [1.165, 1.54) is 5.56 Å². The summed E-state index contributed by atoms with van der Waals surface area (Å²) in [6.45, 7) is 11.9. The number of aryl methyl sites for hydroxylation is 2. The first kappa shape index (κ1) is 18.5. The fraction of sp³-hybridized carbons (Fsp3) is 0.381. The molecule has 0 bridgehead atoms. The van der Waals surface area contributed by atoms with E-state index in [9.17, 15) is 9.36 Å². The Labute approximate surface area is 146 Å². The second kappa shape index (κ2) is 6.99. The van der Waals surface area contributed by atoms with Crippen LogP contribution < -0.4 is 0 Å². The third-order valence-electron chi connectivity index (χ3n) is 4.94. The molecule has 1 atom stereocenters. The molecule has 0 aliphatic heterocycles.